The second-order valence-corrected chi connectivity index (χ2v) is 14.4. The summed E-state index contributed by atoms with van der Waals surface area (Å²) in [5, 5.41) is 12.6. The molecule has 0 N–H and O–H groups in total. The summed E-state index contributed by atoms with van der Waals surface area (Å²) in [4.78, 5) is 0. The van der Waals surface area contributed by atoms with Crippen molar-refractivity contribution in [1.82, 2.24) is 0 Å². The van der Waals surface area contributed by atoms with Gasteiger partial charge < -0.3 is 4.42 Å². The zero-order chi connectivity index (χ0) is 33.1. The standard InChI is InChI=1S/C49H32O/c1-49(2)42-28-33(46-35-15-7-4-12-30(35)25-40-34-14-6-3-11-29(34)19-22-38(40)46)20-23-39(42)48-43(49)27-31-13-5-8-16-36(31)47(48)32-21-24-45-41(26-32)37-17-9-10-18-44(37)50-45/h3-28H,1-2H3. The Kier molecular flexibility index (Phi) is 5.51. The predicted molar refractivity (Wildman–Crippen MR) is 212 cm³/mol. The molecule has 1 heterocycles. The molecule has 0 saturated heterocycles. The molecule has 234 valence electrons. The number of rotatable bonds is 2. The molecule has 1 heteroatoms. The molecular formula is C49H32O. The van der Waals surface area contributed by atoms with Crippen molar-refractivity contribution in [1.29, 1.82) is 0 Å². The molecule has 0 spiro atoms. The second kappa shape index (κ2) is 9.94. The lowest BCUT2D eigenvalue weighted by Gasteiger charge is -2.23. The molecule has 10 aromatic rings. The van der Waals surface area contributed by atoms with Gasteiger partial charge in [0.05, 0.1) is 0 Å². The first-order valence-electron chi connectivity index (χ1n) is 17.5. The summed E-state index contributed by atoms with van der Waals surface area (Å²) in [5.74, 6) is 0. The molecule has 9 aromatic carbocycles. The molecule has 0 bridgehead atoms. The maximum atomic E-state index is 6.25. The van der Waals surface area contributed by atoms with E-state index in [2.05, 4.69) is 166 Å². The van der Waals surface area contributed by atoms with Gasteiger partial charge in [-0.15, -0.1) is 0 Å². The minimum Gasteiger partial charge on any atom is -0.456 e. The highest BCUT2D eigenvalue weighted by atomic mass is 16.3. The van der Waals surface area contributed by atoms with Crippen LogP contribution in [0.25, 0.3) is 98.4 Å². The highest BCUT2D eigenvalue weighted by Gasteiger charge is 2.38. The van der Waals surface area contributed by atoms with Crippen LogP contribution in [-0.4, -0.2) is 0 Å². The maximum absolute atomic E-state index is 6.25. The lowest BCUT2D eigenvalue weighted by Crippen LogP contribution is -2.15. The highest BCUT2D eigenvalue weighted by Crippen LogP contribution is 2.56. The molecule has 1 aliphatic carbocycles. The van der Waals surface area contributed by atoms with Gasteiger partial charge in [-0.3, -0.25) is 0 Å². The largest absolute Gasteiger partial charge is 0.456 e. The molecule has 0 fully saturated rings. The topological polar surface area (TPSA) is 13.1 Å². The molecule has 0 aliphatic heterocycles. The fourth-order valence-corrected chi connectivity index (χ4v) is 9.01. The first-order chi connectivity index (χ1) is 24.5. The molecule has 0 unspecified atom stereocenters. The predicted octanol–water partition coefficient (Wildman–Crippen LogP) is 13.8. The average molecular weight is 637 g/mol. The SMILES string of the molecule is CC1(C)c2cc(-c3c4ccccc4cc4c3ccc3ccccc34)ccc2-c2c1cc1ccccc1c2-c1ccc2oc3ccccc3c2c1. The van der Waals surface area contributed by atoms with Crippen LogP contribution in [0.3, 0.4) is 0 Å². The van der Waals surface area contributed by atoms with Crippen LogP contribution >= 0.6 is 0 Å². The molecule has 0 saturated carbocycles. The second-order valence-electron chi connectivity index (χ2n) is 14.4. The van der Waals surface area contributed by atoms with Crippen molar-refractivity contribution in [2.45, 2.75) is 19.3 Å². The van der Waals surface area contributed by atoms with Crippen LogP contribution in [0.2, 0.25) is 0 Å². The van der Waals surface area contributed by atoms with Crippen molar-refractivity contribution in [3.8, 4) is 33.4 Å². The fourth-order valence-electron chi connectivity index (χ4n) is 9.01. The average Bonchev–Trinajstić information content (AvgIpc) is 3.64. The first kappa shape index (κ1) is 27.7. The van der Waals surface area contributed by atoms with Crippen molar-refractivity contribution in [3.63, 3.8) is 0 Å². The third-order valence-corrected chi connectivity index (χ3v) is 11.4. The summed E-state index contributed by atoms with van der Waals surface area (Å²) >= 11 is 0. The third-order valence-electron chi connectivity index (χ3n) is 11.4. The van der Waals surface area contributed by atoms with E-state index in [9.17, 15) is 0 Å². The Morgan fingerprint density at radius 3 is 1.80 bits per heavy atom. The number of hydrogen-bond donors (Lipinski definition) is 0. The summed E-state index contributed by atoms with van der Waals surface area (Å²) in [6, 6.07) is 58.3. The molecule has 0 radical (unpaired) electrons. The Hall–Kier alpha value is -6.18. The van der Waals surface area contributed by atoms with E-state index < -0.39 is 0 Å². The fraction of sp³-hybridized carbons (Fsp3) is 0.0612. The highest BCUT2D eigenvalue weighted by molar-refractivity contribution is 6.20. The summed E-state index contributed by atoms with van der Waals surface area (Å²) in [7, 11) is 0. The van der Waals surface area contributed by atoms with Gasteiger partial charge in [-0.25, -0.2) is 0 Å². The lowest BCUT2D eigenvalue weighted by molar-refractivity contribution is 0.661. The summed E-state index contributed by atoms with van der Waals surface area (Å²) in [6.45, 7) is 4.81. The van der Waals surface area contributed by atoms with E-state index in [0.717, 1.165) is 21.9 Å². The van der Waals surface area contributed by atoms with E-state index in [1.165, 1.54) is 87.6 Å². The van der Waals surface area contributed by atoms with Gasteiger partial charge in [0.25, 0.3) is 0 Å². The van der Waals surface area contributed by atoms with Gasteiger partial charge in [-0.1, -0.05) is 135 Å². The summed E-state index contributed by atoms with van der Waals surface area (Å²) in [6.07, 6.45) is 0. The van der Waals surface area contributed by atoms with Crippen molar-refractivity contribution >= 4 is 65.0 Å². The van der Waals surface area contributed by atoms with Gasteiger partial charge in [0.1, 0.15) is 11.2 Å². The number of hydrogen-bond acceptors (Lipinski definition) is 1. The van der Waals surface area contributed by atoms with E-state index in [1.807, 2.05) is 6.07 Å². The van der Waals surface area contributed by atoms with Crippen LogP contribution in [0.4, 0.5) is 0 Å². The van der Waals surface area contributed by atoms with Crippen LogP contribution in [-0.2, 0) is 5.41 Å². The minimum absolute atomic E-state index is 0.195. The summed E-state index contributed by atoms with van der Waals surface area (Å²) in [5.41, 5.74) is 12.2. The van der Waals surface area contributed by atoms with Gasteiger partial charge >= 0.3 is 0 Å². The molecule has 1 nitrogen and oxygen atoms in total. The van der Waals surface area contributed by atoms with E-state index >= 15 is 0 Å². The van der Waals surface area contributed by atoms with Gasteiger partial charge in [0.15, 0.2) is 0 Å². The van der Waals surface area contributed by atoms with Gasteiger partial charge in [0.2, 0.25) is 0 Å². The van der Waals surface area contributed by atoms with Crippen LogP contribution in [0.5, 0.6) is 0 Å². The summed E-state index contributed by atoms with van der Waals surface area (Å²) < 4.78 is 6.25. The number of benzene rings is 9. The van der Waals surface area contributed by atoms with E-state index in [1.54, 1.807) is 0 Å². The monoisotopic (exact) mass is 636 g/mol. The Labute approximate surface area is 290 Å². The maximum Gasteiger partial charge on any atom is 0.135 e. The number of para-hydroxylation sites is 1. The Morgan fingerprint density at radius 2 is 0.980 bits per heavy atom. The van der Waals surface area contributed by atoms with Gasteiger partial charge in [-0.05, 0) is 124 Å². The van der Waals surface area contributed by atoms with Gasteiger partial charge in [-0.2, -0.15) is 0 Å². The molecule has 11 rings (SSSR count). The molecule has 0 amide bonds. The third kappa shape index (κ3) is 3.72. The molecule has 1 aromatic heterocycles. The first-order valence-corrected chi connectivity index (χ1v) is 17.5. The van der Waals surface area contributed by atoms with Crippen LogP contribution < -0.4 is 0 Å². The van der Waals surface area contributed by atoms with Crippen molar-refractivity contribution < 1.29 is 4.42 Å². The Balaban J connectivity index is 1.20. The number of furan rings is 1. The zero-order valence-electron chi connectivity index (χ0n) is 27.9. The molecule has 1 aliphatic rings. The van der Waals surface area contributed by atoms with E-state index in [0.29, 0.717) is 0 Å². The Morgan fingerprint density at radius 1 is 0.360 bits per heavy atom. The van der Waals surface area contributed by atoms with Crippen LogP contribution in [0.1, 0.15) is 25.0 Å². The van der Waals surface area contributed by atoms with Crippen molar-refractivity contribution in [2.75, 3.05) is 0 Å². The quantitative estimate of drug-likeness (QED) is 0.136. The van der Waals surface area contributed by atoms with E-state index in [-0.39, 0.29) is 5.41 Å². The minimum atomic E-state index is -0.195. The molecular weight excluding hydrogens is 605 g/mol. The van der Waals surface area contributed by atoms with E-state index in [4.69, 9.17) is 4.42 Å². The number of fused-ring (bicyclic) bond motifs is 11. The Bertz CT molecular complexity index is 3060. The smallest absolute Gasteiger partial charge is 0.135 e. The lowest BCUT2D eigenvalue weighted by atomic mass is 9.79. The van der Waals surface area contributed by atoms with Gasteiger partial charge in [0, 0.05) is 16.2 Å². The zero-order valence-corrected chi connectivity index (χ0v) is 27.9. The van der Waals surface area contributed by atoms with Crippen molar-refractivity contribution in [2.24, 2.45) is 0 Å². The normalized spacial score (nSPS) is 13.6. The van der Waals surface area contributed by atoms with Crippen LogP contribution in [0.15, 0.2) is 162 Å². The van der Waals surface area contributed by atoms with Crippen molar-refractivity contribution in [3.05, 3.63) is 169 Å². The molecule has 50 heavy (non-hydrogen) atoms. The molecule has 0 atom stereocenters. The van der Waals surface area contributed by atoms with Crippen LogP contribution in [0, 0.1) is 0 Å².